The summed E-state index contributed by atoms with van der Waals surface area (Å²) in [7, 11) is 0. The van der Waals surface area contributed by atoms with Crippen molar-refractivity contribution in [1.29, 1.82) is 0 Å². The Bertz CT molecular complexity index is 566. The van der Waals surface area contributed by atoms with E-state index in [1.54, 1.807) is 22.7 Å². The highest BCUT2D eigenvalue weighted by atomic mass is 35.5. The summed E-state index contributed by atoms with van der Waals surface area (Å²) in [6.45, 7) is 1.11. The van der Waals surface area contributed by atoms with Crippen LogP contribution in [0.5, 0.6) is 0 Å². The Morgan fingerprint density at radius 2 is 2.35 bits per heavy atom. The lowest BCUT2D eigenvalue weighted by molar-refractivity contribution is -0.135. The maximum atomic E-state index is 12.5. The summed E-state index contributed by atoms with van der Waals surface area (Å²) < 4.78 is 0. The number of fused-ring (bicyclic) bond motifs is 1. The molecule has 0 spiro atoms. The van der Waals surface area contributed by atoms with Crippen LogP contribution in [0.25, 0.3) is 0 Å². The van der Waals surface area contributed by atoms with Crippen LogP contribution in [-0.2, 0) is 16.1 Å². The summed E-state index contributed by atoms with van der Waals surface area (Å²) in [5.74, 6) is 0.856. The average Bonchev–Trinajstić information content (AvgIpc) is 2.99. The van der Waals surface area contributed by atoms with E-state index >= 15 is 0 Å². The van der Waals surface area contributed by atoms with Gasteiger partial charge in [0.05, 0.1) is 0 Å². The minimum absolute atomic E-state index is 0.0641. The Hall–Kier alpha value is -1.20. The van der Waals surface area contributed by atoms with E-state index in [1.165, 1.54) is 0 Å². The van der Waals surface area contributed by atoms with Crippen molar-refractivity contribution in [3.8, 4) is 0 Å². The molecule has 2 aliphatic heterocycles. The molecule has 0 saturated carbocycles. The van der Waals surface area contributed by atoms with Crippen LogP contribution >= 0.6 is 23.4 Å². The highest BCUT2D eigenvalue weighted by molar-refractivity contribution is 8.01. The molecular weight excluding hydrogens is 296 g/mol. The SMILES string of the molecule is O=C1CC[C@]2(C(=O)NCc3cccc(Cl)c3)SCCN12. The van der Waals surface area contributed by atoms with E-state index in [4.69, 9.17) is 11.6 Å². The first-order chi connectivity index (χ1) is 9.62. The lowest BCUT2D eigenvalue weighted by atomic mass is 10.1. The van der Waals surface area contributed by atoms with Crippen LogP contribution in [0.4, 0.5) is 0 Å². The van der Waals surface area contributed by atoms with E-state index in [-0.39, 0.29) is 11.8 Å². The first-order valence-corrected chi connectivity index (χ1v) is 7.95. The minimum atomic E-state index is -0.671. The number of hydrogen-bond acceptors (Lipinski definition) is 3. The summed E-state index contributed by atoms with van der Waals surface area (Å²) in [5.41, 5.74) is 0.959. The Balaban J connectivity index is 1.69. The van der Waals surface area contributed by atoms with Crippen LogP contribution in [0.3, 0.4) is 0 Å². The molecule has 1 aromatic carbocycles. The third kappa shape index (κ3) is 2.29. The number of carbonyl (C=O) groups excluding carboxylic acids is 2. The standard InChI is InChI=1S/C14H15ClN2O2S/c15-11-3-1-2-10(8-11)9-16-13(19)14-5-4-12(18)17(14)6-7-20-14/h1-3,8H,4-7,9H2,(H,16,19)/t14-/m1/s1. The van der Waals surface area contributed by atoms with Gasteiger partial charge < -0.3 is 10.2 Å². The van der Waals surface area contributed by atoms with E-state index < -0.39 is 4.87 Å². The molecule has 2 heterocycles. The molecule has 2 fully saturated rings. The number of halogens is 1. The van der Waals surface area contributed by atoms with Gasteiger partial charge in [0, 0.05) is 30.3 Å². The predicted molar refractivity (Wildman–Crippen MR) is 79.4 cm³/mol. The van der Waals surface area contributed by atoms with Crippen LogP contribution in [0.1, 0.15) is 18.4 Å². The summed E-state index contributed by atoms with van der Waals surface area (Å²) in [5, 5.41) is 3.59. The Morgan fingerprint density at radius 1 is 1.50 bits per heavy atom. The zero-order chi connectivity index (χ0) is 14.2. The van der Waals surface area contributed by atoms with Gasteiger partial charge in [-0.25, -0.2) is 0 Å². The van der Waals surface area contributed by atoms with E-state index in [0.29, 0.717) is 31.0 Å². The molecule has 1 N–H and O–H groups in total. The zero-order valence-electron chi connectivity index (χ0n) is 10.9. The lowest BCUT2D eigenvalue weighted by Gasteiger charge is -2.29. The largest absolute Gasteiger partial charge is 0.349 e. The minimum Gasteiger partial charge on any atom is -0.349 e. The molecule has 1 aromatic rings. The molecule has 4 nitrogen and oxygen atoms in total. The molecule has 2 aliphatic rings. The number of hydrogen-bond donors (Lipinski definition) is 1. The highest BCUT2D eigenvalue weighted by Crippen LogP contribution is 2.44. The Kier molecular flexibility index (Phi) is 3.65. The van der Waals surface area contributed by atoms with Crippen molar-refractivity contribution in [1.82, 2.24) is 10.2 Å². The molecule has 0 radical (unpaired) electrons. The number of benzene rings is 1. The maximum absolute atomic E-state index is 12.5. The van der Waals surface area contributed by atoms with Crippen LogP contribution in [0.2, 0.25) is 5.02 Å². The van der Waals surface area contributed by atoms with Gasteiger partial charge in [0.15, 0.2) is 4.87 Å². The van der Waals surface area contributed by atoms with Gasteiger partial charge in [-0.2, -0.15) is 0 Å². The third-order valence-electron chi connectivity index (χ3n) is 3.77. The first kappa shape index (κ1) is 13.8. The summed E-state index contributed by atoms with van der Waals surface area (Å²) in [6, 6.07) is 7.41. The molecule has 0 unspecified atom stereocenters. The molecule has 2 saturated heterocycles. The Labute approximate surface area is 126 Å². The van der Waals surface area contributed by atoms with E-state index in [2.05, 4.69) is 5.32 Å². The van der Waals surface area contributed by atoms with Crippen LogP contribution in [0, 0.1) is 0 Å². The van der Waals surface area contributed by atoms with E-state index in [1.807, 2.05) is 18.2 Å². The van der Waals surface area contributed by atoms with Crippen molar-refractivity contribution < 1.29 is 9.59 Å². The second-order valence-electron chi connectivity index (χ2n) is 4.99. The lowest BCUT2D eigenvalue weighted by Crippen LogP contribution is -2.50. The smallest absolute Gasteiger partial charge is 0.256 e. The van der Waals surface area contributed by atoms with Crippen molar-refractivity contribution in [3.05, 3.63) is 34.9 Å². The predicted octanol–water partition coefficient (Wildman–Crippen LogP) is 2.02. The normalized spacial score (nSPS) is 24.9. The second-order valence-corrected chi connectivity index (χ2v) is 6.80. The van der Waals surface area contributed by atoms with Gasteiger partial charge in [0.1, 0.15) is 0 Å². The van der Waals surface area contributed by atoms with Crippen LogP contribution < -0.4 is 5.32 Å². The van der Waals surface area contributed by atoms with Crippen LogP contribution in [0.15, 0.2) is 24.3 Å². The number of nitrogens with one attached hydrogen (secondary N) is 1. The topological polar surface area (TPSA) is 49.4 Å². The highest BCUT2D eigenvalue weighted by Gasteiger charge is 2.54. The molecule has 106 valence electrons. The molecule has 6 heteroatoms. The fourth-order valence-corrected chi connectivity index (χ4v) is 4.40. The summed E-state index contributed by atoms with van der Waals surface area (Å²) >= 11 is 7.50. The van der Waals surface area contributed by atoms with Gasteiger partial charge in [0.25, 0.3) is 5.91 Å². The van der Waals surface area contributed by atoms with Gasteiger partial charge in [0.2, 0.25) is 5.91 Å². The number of nitrogens with zero attached hydrogens (tertiary/aromatic N) is 1. The Morgan fingerprint density at radius 3 is 3.15 bits per heavy atom. The molecule has 20 heavy (non-hydrogen) atoms. The van der Waals surface area contributed by atoms with Gasteiger partial charge in [-0.15, -0.1) is 11.8 Å². The second kappa shape index (κ2) is 5.30. The fourth-order valence-electron chi connectivity index (χ4n) is 2.78. The zero-order valence-corrected chi connectivity index (χ0v) is 12.5. The molecule has 0 bridgehead atoms. The van der Waals surface area contributed by atoms with E-state index in [9.17, 15) is 9.59 Å². The molecular formula is C14H15ClN2O2S. The summed E-state index contributed by atoms with van der Waals surface area (Å²) in [4.78, 5) is 25.3. The molecule has 0 aliphatic carbocycles. The quantitative estimate of drug-likeness (QED) is 0.929. The number of thioether (sulfide) groups is 1. The van der Waals surface area contributed by atoms with Gasteiger partial charge >= 0.3 is 0 Å². The van der Waals surface area contributed by atoms with Crippen molar-refractivity contribution in [2.45, 2.75) is 24.3 Å². The number of rotatable bonds is 3. The van der Waals surface area contributed by atoms with Gasteiger partial charge in [-0.05, 0) is 24.1 Å². The molecule has 3 rings (SSSR count). The van der Waals surface area contributed by atoms with Crippen molar-refractivity contribution >= 4 is 35.2 Å². The monoisotopic (exact) mass is 310 g/mol. The van der Waals surface area contributed by atoms with Gasteiger partial charge in [-0.3, -0.25) is 9.59 Å². The van der Waals surface area contributed by atoms with Gasteiger partial charge in [-0.1, -0.05) is 23.7 Å². The van der Waals surface area contributed by atoms with Crippen LogP contribution in [-0.4, -0.2) is 33.9 Å². The number of amides is 2. The molecule has 1 atom stereocenters. The first-order valence-electron chi connectivity index (χ1n) is 6.59. The molecule has 0 aromatic heterocycles. The summed E-state index contributed by atoms with van der Waals surface area (Å²) in [6.07, 6.45) is 1.08. The number of carbonyl (C=O) groups is 2. The average molecular weight is 311 g/mol. The third-order valence-corrected chi connectivity index (χ3v) is 5.48. The van der Waals surface area contributed by atoms with Crippen molar-refractivity contribution in [2.75, 3.05) is 12.3 Å². The maximum Gasteiger partial charge on any atom is 0.256 e. The fraction of sp³-hybridized carbons (Fsp3) is 0.429. The van der Waals surface area contributed by atoms with Crippen molar-refractivity contribution in [2.24, 2.45) is 0 Å². The molecule has 2 amide bonds. The van der Waals surface area contributed by atoms with Crippen molar-refractivity contribution in [3.63, 3.8) is 0 Å². The van der Waals surface area contributed by atoms with E-state index in [0.717, 1.165) is 11.3 Å².